The molecule has 3 saturated carbocycles. The van der Waals surface area contributed by atoms with E-state index in [1.54, 1.807) is 0 Å². The maximum absolute atomic E-state index is 13.1. The first-order chi connectivity index (χ1) is 12.5. The van der Waals surface area contributed by atoms with Crippen molar-refractivity contribution in [1.82, 2.24) is 0 Å². The largest absolute Gasteiger partial charge is 0.465 e. The number of ether oxygens (including phenoxy) is 3. The number of carbonyl (C=O) groups excluding carboxylic acids is 2. The molecule has 5 atom stereocenters. The van der Waals surface area contributed by atoms with Crippen LogP contribution in [-0.4, -0.2) is 56.1 Å². The van der Waals surface area contributed by atoms with Crippen molar-refractivity contribution in [3.8, 4) is 0 Å². The zero-order chi connectivity index (χ0) is 20.0. The Labute approximate surface area is 154 Å². The molecule has 4 fully saturated rings. The Hall–Kier alpha value is -1.59. The Morgan fingerprint density at radius 3 is 2.70 bits per heavy atom. The van der Waals surface area contributed by atoms with Crippen molar-refractivity contribution in [3.05, 3.63) is 12.2 Å². The molecule has 0 aromatic rings. The number of hydrogen-bond donors (Lipinski definition) is 1. The van der Waals surface area contributed by atoms with Gasteiger partial charge >= 0.3 is 27.3 Å². The zero-order valence-corrected chi connectivity index (χ0v) is 15.1. The average molecular weight is 410 g/mol. The molecular weight excluding hydrogens is 390 g/mol. The van der Waals surface area contributed by atoms with E-state index in [2.05, 4.69) is 11.3 Å². The molecule has 0 radical (unpaired) electrons. The van der Waals surface area contributed by atoms with Crippen LogP contribution >= 0.6 is 0 Å². The van der Waals surface area contributed by atoms with E-state index in [9.17, 15) is 26.8 Å². The van der Waals surface area contributed by atoms with Gasteiger partial charge in [0.15, 0.2) is 0 Å². The van der Waals surface area contributed by atoms with Crippen molar-refractivity contribution in [2.45, 2.75) is 30.6 Å². The summed E-state index contributed by atoms with van der Waals surface area (Å²) in [5, 5.41) is -4.49. The fourth-order valence-corrected chi connectivity index (χ4v) is 4.47. The Kier molecular flexibility index (Phi) is 5.30. The lowest BCUT2D eigenvalue weighted by Gasteiger charge is -2.47. The molecule has 11 heteroatoms. The molecule has 0 amide bonds. The van der Waals surface area contributed by atoms with E-state index in [4.69, 9.17) is 14.0 Å². The number of alkyl halides is 2. The number of fused-ring (bicyclic) bond motifs is 2. The summed E-state index contributed by atoms with van der Waals surface area (Å²) < 4.78 is 70.5. The molecule has 27 heavy (non-hydrogen) atoms. The Morgan fingerprint density at radius 2 is 2.04 bits per heavy atom. The zero-order valence-electron chi connectivity index (χ0n) is 14.3. The minimum Gasteiger partial charge on any atom is -0.465 e. The lowest BCUT2D eigenvalue weighted by Crippen LogP contribution is -2.49. The topological polar surface area (TPSA) is 116 Å². The average Bonchev–Trinajstić information content (AvgIpc) is 2.98. The van der Waals surface area contributed by atoms with Gasteiger partial charge < -0.3 is 14.2 Å². The fraction of sp³-hybridized carbons (Fsp3) is 0.750. The maximum Gasteiger partial charge on any atom is 0.392 e. The van der Waals surface area contributed by atoms with Crippen LogP contribution < -0.4 is 0 Å². The van der Waals surface area contributed by atoms with Gasteiger partial charge in [-0.2, -0.15) is 17.2 Å². The van der Waals surface area contributed by atoms with Gasteiger partial charge in [-0.05, 0) is 25.2 Å². The van der Waals surface area contributed by atoms with Crippen molar-refractivity contribution in [3.63, 3.8) is 0 Å². The normalized spacial score (nSPS) is 32.7. The highest BCUT2D eigenvalue weighted by atomic mass is 32.2. The highest BCUT2D eigenvalue weighted by molar-refractivity contribution is 7.86. The molecule has 152 valence electrons. The van der Waals surface area contributed by atoms with Gasteiger partial charge in [-0.25, -0.2) is 4.79 Å². The second-order valence-corrected chi connectivity index (χ2v) is 8.76. The van der Waals surface area contributed by atoms with Crippen LogP contribution in [0.1, 0.15) is 19.3 Å². The van der Waals surface area contributed by atoms with Crippen molar-refractivity contribution >= 4 is 22.1 Å². The summed E-state index contributed by atoms with van der Waals surface area (Å²) >= 11 is 0. The third-order valence-electron chi connectivity index (χ3n) is 5.57. The van der Waals surface area contributed by atoms with Gasteiger partial charge in [0.2, 0.25) is 0 Å². The van der Waals surface area contributed by atoms with Crippen molar-refractivity contribution < 1.29 is 45.6 Å². The molecule has 4 rings (SSSR count). The van der Waals surface area contributed by atoms with Gasteiger partial charge in [0, 0.05) is 11.8 Å². The summed E-state index contributed by atoms with van der Waals surface area (Å²) in [4.78, 5) is 24.1. The van der Waals surface area contributed by atoms with Gasteiger partial charge in [0.05, 0.1) is 24.7 Å². The highest BCUT2D eigenvalue weighted by Gasteiger charge is 2.56. The lowest BCUT2D eigenvalue weighted by molar-refractivity contribution is -0.164. The second-order valence-electron chi connectivity index (χ2n) is 7.21. The quantitative estimate of drug-likeness (QED) is 0.378. The van der Waals surface area contributed by atoms with Gasteiger partial charge in [0.1, 0.15) is 12.7 Å². The van der Waals surface area contributed by atoms with Crippen LogP contribution in [0.3, 0.4) is 0 Å². The first-order valence-electron chi connectivity index (χ1n) is 8.49. The second kappa shape index (κ2) is 7.10. The molecular formula is C16H20F2O8S. The number of hydrogen-bond acceptors (Lipinski definition) is 7. The molecule has 0 aromatic heterocycles. The molecule has 1 heterocycles. The number of cyclic esters (lactones) is 1. The molecule has 0 aromatic carbocycles. The van der Waals surface area contributed by atoms with E-state index >= 15 is 0 Å². The van der Waals surface area contributed by atoms with Crippen molar-refractivity contribution in [2.24, 2.45) is 23.7 Å². The van der Waals surface area contributed by atoms with Crippen LogP contribution in [0.25, 0.3) is 0 Å². The van der Waals surface area contributed by atoms with Crippen molar-refractivity contribution in [1.29, 1.82) is 0 Å². The van der Waals surface area contributed by atoms with E-state index in [-0.39, 0.29) is 35.2 Å². The Bertz CT molecular complexity index is 750. The van der Waals surface area contributed by atoms with Gasteiger partial charge in [0.25, 0.3) is 0 Å². The fourth-order valence-electron chi connectivity index (χ4n) is 4.24. The Balaban J connectivity index is 1.52. The SMILES string of the molecule is C=C(COCC(F)(F)S(=O)(=O)O)C(=O)OC1CC2CCC1C1C(=O)OCC21. The first-order valence-corrected chi connectivity index (χ1v) is 9.93. The van der Waals surface area contributed by atoms with Gasteiger partial charge in [-0.15, -0.1) is 0 Å². The summed E-state index contributed by atoms with van der Waals surface area (Å²) in [5.41, 5.74) is -0.270. The molecule has 1 aliphatic heterocycles. The van der Waals surface area contributed by atoms with Crippen LogP contribution in [0.15, 0.2) is 12.2 Å². The summed E-state index contributed by atoms with van der Waals surface area (Å²) in [6.45, 7) is 1.49. The number of carbonyl (C=O) groups is 2. The van der Waals surface area contributed by atoms with Crippen molar-refractivity contribution in [2.75, 3.05) is 19.8 Å². The molecule has 1 saturated heterocycles. The summed E-state index contributed by atoms with van der Waals surface area (Å²) in [5.74, 6) is -1.18. The number of esters is 2. The van der Waals surface area contributed by atoms with Gasteiger partial charge in [-0.1, -0.05) is 6.58 Å². The third-order valence-corrected chi connectivity index (χ3v) is 6.45. The molecule has 3 aliphatic carbocycles. The van der Waals surface area contributed by atoms with Crippen LogP contribution in [0.5, 0.6) is 0 Å². The van der Waals surface area contributed by atoms with E-state index in [1.807, 2.05) is 0 Å². The van der Waals surface area contributed by atoms with Crippen LogP contribution in [0.4, 0.5) is 8.78 Å². The first kappa shape index (κ1) is 20.2. The monoisotopic (exact) mass is 410 g/mol. The molecule has 4 aliphatic rings. The molecule has 2 bridgehead atoms. The third kappa shape index (κ3) is 3.85. The van der Waals surface area contributed by atoms with E-state index in [0.717, 1.165) is 12.8 Å². The number of rotatable bonds is 7. The summed E-state index contributed by atoms with van der Waals surface area (Å²) in [6.07, 6.45) is 1.79. The maximum atomic E-state index is 13.1. The molecule has 5 unspecified atom stereocenters. The van der Waals surface area contributed by atoms with Crippen LogP contribution in [-0.2, 0) is 33.9 Å². The highest BCUT2D eigenvalue weighted by Crippen LogP contribution is 2.52. The summed E-state index contributed by atoms with van der Waals surface area (Å²) in [7, 11) is -5.61. The molecule has 1 N–H and O–H groups in total. The van der Waals surface area contributed by atoms with Crippen LogP contribution in [0, 0.1) is 23.7 Å². The molecule has 0 spiro atoms. The van der Waals surface area contributed by atoms with E-state index < -0.39 is 40.7 Å². The summed E-state index contributed by atoms with van der Waals surface area (Å²) in [6, 6.07) is 0. The van der Waals surface area contributed by atoms with E-state index in [0.29, 0.717) is 13.0 Å². The predicted molar refractivity (Wildman–Crippen MR) is 85.1 cm³/mol. The van der Waals surface area contributed by atoms with Gasteiger partial charge in [-0.3, -0.25) is 9.35 Å². The lowest BCUT2D eigenvalue weighted by atomic mass is 9.58. The molecule has 8 nitrogen and oxygen atoms in total. The Morgan fingerprint density at radius 1 is 1.33 bits per heavy atom. The standard InChI is InChI=1S/C16H20F2O8S/c1-8(5-24-7-16(17,18)27(21,22)23)14(19)26-12-4-9-2-3-10(12)13-11(9)6-25-15(13)20/h9-13H,1-7H2,(H,21,22,23). The van der Waals surface area contributed by atoms with Crippen LogP contribution in [0.2, 0.25) is 0 Å². The number of halogens is 2. The predicted octanol–water partition coefficient (Wildman–Crippen LogP) is 1.17. The van der Waals surface area contributed by atoms with E-state index in [1.165, 1.54) is 0 Å². The smallest absolute Gasteiger partial charge is 0.392 e. The minimum atomic E-state index is -5.61. The minimum absolute atomic E-state index is 0.142.